The molecule has 5 nitrogen and oxygen atoms in total. The first-order valence-corrected chi connectivity index (χ1v) is 7.18. The molecule has 1 heterocycles. The minimum atomic E-state index is 0.0582. The van der Waals surface area contributed by atoms with Crippen LogP contribution in [0.1, 0.15) is 5.56 Å². The van der Waals surface area contributed by atoms with Gasteiger partial charge in [0.1, 0.15) is 0 Å². The lowest BCUT2D eigenvalue weighted by Crippen LogP contribution is -2.49. The van der Waals surface area contributed by atoms with E-state index in [1.54, 1.807) is 0 Å². The number of nitrogens with one attached hydrogen (secondary N) is 1. The molecule has 0 saturated carbocycles. The van der Waals surface area contributed by atoms with E-state index in [-0.39, 0.29) is 5.91 Å². The monoisotopic (exact) mass is 276 g/mol. The highest BCUT2D eigenvalue weighted by Crippen LogP contribution is 2.09. The van der Waals surface area contributed by atoms with Crippen molar-refractivity contribution in [3.63, 3.8) is 0 Å². The highest BCUT2D eigenvalue weighted by molar-refractivity contribution is 5.92. The largest absolute Gasteiger partial charge is 0.329 e. The highest BCUT2D eigenvalue weighted by atomic mass is 16.2. The molecule has 3 N–H and O–H groups in total. The zero-order chi connectivity index (χ0) is 14.4. The predicted octanol–water partition coefficient (Wildman–Crippen LogP) is 0.510. The van der Waals surface area contributed by atoms with Gasteiger partial charge in [-0.05, 0) is 24.6 Å². The first kappa shape index (κ1) is 15.0. The summed E-state index contributed by atoms with van der Waals surface area (Å²) in [4.78, 5) is 16.5. The van der Waals surface area contributed by atoms with Crippen molar-refractivity contribution >= 4 is 11.6 Å². The third kappa shape index (κ3) is 4.59. The Labute approximate surface area is 120 Å². The van der Waals surface area contributed by atoms with Crippen molar-refractivity contribution in [1.82, 2.24) is 9.80 Å². The number of piperazine rings is 1. The number of carbonyl (C=O) groups excluding carboxylic acids is 1. The van der Waals surface area contributed by atoms with Crippen LogP contribution in [0.15, 0.2) is 24.3 Å². The fourth-order valence-electron chi connectivity index (χ4n) is 2.48. The van der Waals surface area contributed by atoms with E-state index in [9.17, 15) is 4.79 Å². The molecule has 5 heteroatoms. The maximum Gasteiger partial charge on any atom is 0.238 e. The third-order valence-electron chi connectivity index (χ3n) is 3.58. The van der Waals surface area contributed by atoms with Crippen LogP contribution in [0.3, 0.4) is 0 Å². The molecule has 2 rings (SSSR count). The Hall–Kier alpha value is -1.43. The topological polar surface area (TPSA) is 61.6 Å². The number of hydrogen-bond donors (Lipinski definition) is 2. The van der Waals surface area contributed by atoms with Gasteiger partial charge in [0.15, 0.2) is 0 Å². The van der Waals surface area contributed by atoms with E-state index in [4.69, 9.17) is 5.73 Å². The minimum Gasteiger partial charge on any atom is -0.329 e. The van der Waals surface area contributed by atoms with Crippen molar-refractivity contribution in [2.24, 2.45) is 5.73 Å². The van der Waals surface area contributed by atoms with E-state index in [0.29, 0.717) is 13.1 Å². The maximum absolute atomic E-state index is 12.0. The van der Waals surface area contributed by atoms with E-state index >= 15 is 0 Å². The molecule has 0 unspecified atom stereocenters. The van der Waals surface area contributed by atoms with Crippen molar-refractivity contribution in [2.75, 3.05) is 51.1 Å². The molecule has 1 aliphatic rings. The SMILES string of the molecule is Cc1cccc(NC(=O)CN2CCN(CCN)CC2)c1. The van der Waals surface area contributed by atoms with Crippen LogP contribution in [0.4, 0.5) is 5.69 Å². The number of rotatable bonds is 5. The second-order valence-electron chi connectivity index (χ2n) is 5.32. The van der Waals surface area contributed by atoms with Crippen LogP contribution in [0.5, 0.6) is 0 Å². The smallest absolute Gasteiger partial charge is 0.238 e. The zero-order valence-corrected chi connectivity index (χ0v) is 12.1. The Morgan fingerprint density at radius 1 is 1.25 bits per heavy atom. The fraction of sp³-hybridized carbons (Fsp3) is 0.533. The second kappa shape index (κ2) is 7.38. The minimum absolute atomic E-state index is 0.0582. The third-order valence-corrected chi connectivity index (χ3v) is 3.58. The van der Waals surface area contributed by atoms with Gasteiger partial charge in [0, 0.05) is 45.0 Å². The number of carbonyl (C=O) groups is 1. The molecule has 0 atom stereocenters. The molecular weight excluding hydrogens is 252 g/mol. The van der Waals surface area contributed by atoms with Gasteiger partial charge in [-0.15, -0.1) is 0 Å². The number of aryl methyl sites for hydroxylation is 1. The molecule has 1 aromatic carbocycles. The van der Waals surface area contributed by atoms with Gasteiger partial charge in [0.2, 0.25) is 5.91 Å². The van der Waals surface area contributed by atoms with Gasteiger partial charge < -0.3 is 11.1 Å². The molecule has 0 spiro atoms. The van der Waals surface area contributed by atoms with Crippen LogP contribution in [0.25, 0.3) is 0 Å². The van der Waals surface area contributed by atoms with Crippen molar-refractivity contribution in [3.05, 3.63) is 29.8 Å². The Balaban J connectivity index is 1.75. The van der Waals surface area contributed by atoms with Crippen LogP contribution < -0.4 is 11.1 Å². The number of amides is 1. The van der Waals surface area contributed by atoms with Crippen molar-refractivity contribution < 1.29 is 4.79 Å². The second-order valence-corrected chi connectivity index (χ2v) is 5.32. The molecule has 0 aromatic heterocycles. The van der Waals surface area contributed by atoms with Crippen LogP contribution in [0, 0.1) is 6.92 Å². The molecule has 0 aliphatic carbocycles. The summed E-state index contributed by atoms with van der Waals surface area (Å²) in [5.41, 5.74) is 7.58. The molecule has 110 valence electrons. The molecule has 1 saturated heterocycles. The molecule has 1 fully saturated rings. The summed E-state index contributed by atoms with van der Waals surface area (Å²) in [6.07, 6.45) is 0. The lowest BCUT2D eigenvalue weighted by Gasteiger charge is -2.33. The average Bonchev–Trinajstić information content (AvgIpc) is 2.41. The zero-order valence-electron chi connectivity index (χ0n) is 12.1. The summed E-state index contributed by atoms with van der Waals surface area (Å²) < 4.78 is 0. The maximum atomic E-state index is 12.0. The first-order chi connectivity index (χ1) is 9.67. The van der Waals surface area contributed by atoms with Crippen molar-refractivity contribution in [3.8, 4) is 0 Å². The van der Waals surface area contributed by atoms with Crippen LogP contribution >= 0.6 is 0 Å². The number of nitrogens with two attached hydrogens (primary N) is 1. The first-order valence-electron chi connectivity index (χ1n) is 7.18. The van der Waals surface area contributed by atoms with Gasteiger partial charge in [-0.2, -0.15) is 0 Å². The molecule has 0 bridgehead atoms. The average molecular weight is 276 g/mol. The standard InChI is InChI=1S/C15H24N4O/c1-13-3-2-4-14(11-13)17-15(20)12-19-9-7-18(6-5-16)8-10-19/h2-4,11H,5-10,12,16H2,1H3,(H,17,20). The molecule has 1 aliphatic heterocycles. The Morgan fingerprint density at radius 2 is 1.95 bits per heavy atom. The van der Waals surface area contributed by atoms with Crippen LogP contribution in [-0.2, 0) is 4.79 Å². The van der Waals surface area contributed by atoms with Gasteiger partial charge >= 0.3 is 0 Å². The highest BCUT2D eigenvalue weighted by Gasteiger charge is 2.18. The normalized spacial score (nSPS) is 17.1. The van der Waals surface area contributed by atoms with Crippen molar-refractivity contribution in [1.29, 1.82) is 0 Å². The molecular formula is C15H24N4O. The van der Waals surface area contributed by atoms with Gasteiger partial charge in [-0.25, -0.2) is 0 Å². The van der Waals surface area contributed by atoms with E-state index < -0.39 is 0 Å². The van der Waals surface area contributed by atoms with E-state index in [2.05, 4.69) is 15.1 Å². The van der Waals surface area contributed by atoms with E-state index in [1.807, 2.05) is 31.2 Å². The summed E-state index contributed by atoms with van der Waals surface area (Å²) in [5, 5.41) is 2.95. The van der Waals surface area contributed by atoms with Crippen LogP contribution in [0.2, 0.25) is 0 Å². The Kier molecular flexibility index (Phi) is 5.52. The quantitative estimate of drug-likeness (QED) is 0.822. The molecule has 1 aromatic rings. The van der Waals surface area contributed by atoms with Crippen molar-refractivity contribution in [2.45, 2.75) is 6.92 Å². The lowest BCUT2D eigenvalue weighted by molar-refractivity contribution is -0.117. The summed E-state index contributed by atoms with van der Waals surface area (Å²) in [6.45, 7) is 7.99. The number of anilines is 1. The molecule has 20 heavy (non-hydrogen) atoms. The van der Waals surface area contributed by atoms with Gasteiger partial charge in [-0.3, -0.25) is 14.6 Å². The van der Waals surface area contributed by atoms with Gasteiger partial charge in [0.05, 0.1) is 6.54 Å². The van der Waals surface area contributed by atoms with E-state index in [1.165, 1.54) is 0 Å². The predicted molar refractivity (Wildman–Crippen MR) is 81.7 cm³/mol. The van der Waals surface area contributed by atoms with Crippen LogP contribution in [-0.4, -0.2) is 61.5 Å². The summed E-state index contributed by atoms with van der Waals surface area (Å²) >= 11 is 0. The summed E-state index contributed by atoms with van der Waals surface area (Å²) in [6, 6.07) is 7.88. The Morgan fingerprint density at radius 3 is 2.60 bits per heavy atom. The number of nitrogens with zero attached hydrogens (tertiary/aromatic N) is 2. The number of benzene rings is 1. The lowest BCUT2D eigenvalue weighted by atomic mass is 10.2. The number of hydrogen-bond acceptors (Lipinski definition) is 4. The fourth-order valence-corrected chi connectivity index (χ4v) is 2.48. The Bertz CT molecular complexity index is 441. The van der Waals surface area contributed by atoms with Gasteiger partial charge in [0.25, 0.3) is 0 Å². The van der Waals surface area contributed by atoms with E-state index in [0.717, 1.165) is 44.0 Å². The molecule has 1 amide bonds. The summed E-state index contributed by atoms with van der Waals surface area (Å²) in [7, 11) is 0. The molecule has 0 radical (unpaired) electrons. The summed E-state index contributed by atoms with van der Waals surface area (Å²) in [5.74, 6) is 0.0582. The van der Waals surface area contributed by atoms with Gasteiger partial charge in [-0.1, -0.05) is 12.1 Å².